The first-order valence-electron chi connectivity index (χ1n) is 4.99. The molecule has 1 aliphatic heterocycles. The molecular weight excluding hydrogens is 216 g/mol. The largest absolute Gasteiger partial charge is 0.444 e. The van der Waals surface area contributed by atoms with Crippen LogP contribution >= 0.6 is 0 Å². The van der Waals surface area contributed by atoms with Crippen LogP contribution in [0.25, 0.3) is 0 Å². The SMILES string of the molecule is CCc1cnc(C2CS(=O)(=O)CCN2)o1. The van der Waals surface area contributed by atoms with Crippen LogP contribution in [0.2, 0.25) is 0 Å². The molecule has 0 bridgehead atoms. The van der Waals surface area contributed by atoms with Crippen LogP contribution in [-0.4, -0.2) is 31.5 Å². The Balaban J connectivity index is 2.17. The van der Waals surface area contributed by atoms with Crippen LogP contribution in [0, 0.1) is 0 Å². The Labute approximate surface area is 88.8 Å². The van der Waals surface area contributed by atoms with Crippen LogP contribution in [0.1, 0.15) is 24.6 Å². The first kappa shape index (κ1) is 10.6. The molecule has 0 aliphatic carbocycles. The zero-order chi connectivity index (χ0) is 10.9. The van der Waals surface area contributed by atoms with Crippen LogP contribution in [-0.2, 0) is 16.3 Å². The van der Waals surface area contributed by atoms with Gasteiger partial charge in [0.25, 0.3) is 0 Å². The molecule has 0 amide bonds. The molecule has 15 heavy (non-hydrogen) atoms. The summed E-state index contributed by atoms with van der Waals surface area (Å²) in [5.74, 6) is 1.55. The molecule has 5 nitrogen and oxygen atoms in total. The van der Waals surface area contributed by atoms with Gasteiger partial charge in [0.1, 0.15) is 5.76 Å². The van der Waals surface area contributed by atoms with Crippen molar-refractivity contribution < 1.29 is 12.8 Å². The van der Waals surface area contributed by atoms with E-state index in [2.05, 4.69) is 10.3 Å². The molecule has 0 saturated carbocycles. The maximum absolute atomic E-state index is 11.4. The van der Waals surface area contributed by atoms with Crippen molar-refractivity contribution in [1.82, 2.24) is 10.3 Å². The molecular formula is C9H14N2O3S. The fourth-order valence-electron chi connectivity index (χ4n) is 1.59. The third-order valence-corrected chi connectivity index (χ3v) is 4.11. The third-order valence-electron chi connectivity index (χ3n) is 2.44. The topological polar surface area (TPSA) is 72.2 Å². The first-order valence-corrected chi connectivity index (χ1v) is 6.81. The van der Waals surface area contributed by atoms with Crippen molar-refractivity contribution in [2.24, 2.45) is 0 Å². The monoisotopic (exact) mass is 230 g/mol. The lowest BCUT2D eigenvalue weighted by Crippen LogP contribution is -2.39. The molecule has 1 aliphatic rings. The van der Waals surface area contributed by atoms with Crippen molar-refractivity contribution in [3.05, 3.63) is 17.8 Å². The van der Waals surface area contributed by atoms with Gasteiger partial charge in [-0.15, -0.1) is 0 Å². The van der Waals surface area contributed by atoms with Gasteiger partial charge in [-0.3, -0.25) is 0 Å². The van der Waals surface area contributed by atoms with Gasteiger partial charge in [0.15, 0.2) is 9.84 Å². The lowest BCUT2D eigenvalue weighted by Gasteiger charge is -2.20. The van der Waals surface area contributed by atoms with E-state index < -0.39 is 9.84 Å². The highest BCUT2D eigenvalue weighted by molar-refractivity contribution is 7.91. The van der Waals surface area contributed by atoms with Crippen molar-refractivity contribution in [2.45, 2.75) is 19.4 Å². The lowest BCUT2D eigenvalue weighted by molar-refractivity contribution is 0.394. The van der Waals surface area contributed by atoms with Crippen LogP contribution in [0.3, 0.4) is 0 Å². The summed E-state index contributed by atoms with van der Waals surface area (Å²) in [4.78, 5) is 4.08. The fraction of sp³-hybridized carbons (Fsp3) is 0.667. The Morgan fingerprint density at radius 3 is 3.07 bits per heavy atom. The highest BCUT2D eigenvalue weighted by Gasteiger charge is 2.28. The zero-order valence-corrected chi connectivity index (χ0v) is 9.38. The van der Waals surface area contributed by atoms with Gasteiger partial charge >= 0.3 is 0 Å². The molecule has 1 aromatic heterocycles. The summed E-state index contributed by atoms with van der Waals surface area (Å²) in [5.41, 5.74) is 0. The summed E-state index contributed by atoms with van der Waals surface area (Å²) < 4.78 is 28.2. The molecule has 1 atom stereocenters. The molecule has 1 fully saturated rings. The average molecular weight is 230 g/mol. The van der Waals surface area contributed by atoms with E-state index in [1.807, 2.05) is 6.92 Å². The van der Waals surface area contributed by atoms with E-state index in [1.165, 1.54) is 0 Å². The van der Waals surface area contributed by atoms with Crippen molar-refractivity contribution in [1.29, 1.82) is 0 Å². The van der Waals surface area contributed by atoms with Gasteiger partial charge in [0.05, 0.1) is 23.7 Å². The van der Waals surface area contributed by atoms with Gasteiger partial charge in [-0.1, -0.05) is 6.92 Å². The molecule has 1 unspecified atom stereocenters. The average Bonchev–Trinajstić information content (AvgIpc) is 2.64. The van der Waals surface area contributed by atoms with Gasteiger partial charge in [0, 0.05) is 13.0 Å². The first-order chi connectivity index (χ1) is 7.11. The van der Waals surface area contributed by atoms with E-state index in [1.54, 1.807) is 6.20 Å². The van der Waals surface area contributed by atoms with Crippen molar-refractivity contribution in [3.63, 3.8) is 0 Å². The summed E-state index contributed by atoms with van der Waals surface area (Å²) in [7, 11) is -2.94. The number of oxazole rings is 1. The number of hydrogen-bond donors (Lipinski definition) is 1. The number of sulfone groups is 1. The standard InChI is InChI=1S/C9H14N2O3S/c1-2-7-5-11-9(14-7)8-6-15(12,13)4-3-10-8/h5,8,10H,2-4,6H2,1H3. The Bertz CT molecular complexity index is 438. The van der Waals surface area contributed by atoms with E-state index in [-0.39, 0.29) is 17.5 Å². The Kier molecular flexibility index (Phi) is 2.79. The minimum Gasteiger partial charge on any atom is -0.444 e. The van der Waals surface area contributed by atoms with Crippen LogP contribution in [0.4, 0.5) is 0 Å². The van der Waals surface area contributed by atoms with Crippen molar-refractivity contribution in [3.8, 4) is 0 Å². The quantitative estimate of drug-likeness (QED) is 0.791. The molecule has 0 aromatic carbocycles. The Morgan fingerprint density at radius 2 is 2.47 bits per heavy atom. The van der Waals surface area contributed by atoms with E-state index in [9.17, 15) is 8.42 Å². The highest BCUT2D eigenvalue weighted by Crippen LogP contribution is 2.18. The summed E-state index contributed by atoms with van der Waals surface area (Å²) in [6.07, 6.45) is 2.42. The van der Waals surface area contributed by atoms with E-state index in [0.717, 1.165) is 12.2 Å². The van der Waals surface area contributed by atoms with Gasteiger partial charge < -0.3 is 9.73 Å². The predicted octanol–water partition coefficient (Wildman–Crippen LogP) is 0.296. The Hall–Kier alpha value is -0.880. The van der Waals surface area contributed by atoms with Crippen molar-refractivity contribution in [2.75, 3.05) is 18.1 Å². The number of nitrogens with one attached hydrogen (secondary N) is 1. The summed E-state index contributed by atoms with van der Waals surface area (Å²) in [5, 5.41) is 3.09. The third kappa shape index (κ3) is 2.38. The second-order valence-electron chi connectivity index (χ2n) is 3.64. The second-order valence-corrected chi connectivity index (χ2v) is 5.87. The molecule has 1 aromatic rings. The van der Waals surface area contributed by atoms with E-state index >= 15 is 0 Å². The maximum Gasteiger partial charge on any atom is 0.212 e. The van der Waals surface area contributed by atoms with Crippen LogP contribution < -0.4 is 5.32 Å². The van der Waals surface area contributed by atoms with E-state index in [0.29, 0.717) is 12.4 Å². The number of aryl methyl sites for hydroxylation is 1. The summed E-state index contributed by atoms with van der Waals surface area (Å²) in [6.45, 7) is 2.44. The van der Waals surface area contributed by atoms with Gasteiger partial charge in [-0.2, -0.15) is 0 Å². The van der Waals surface area contributed by atoms with Gasteiger partial charge in [-0.05, 0) is 0 Å². The zero-order valence-electron chi connectivity index (χ0n) is 8.56. The normalized spacial score (nSPS) is 25.3. The highest BCUT2D eigenvalue weighted by atomic mass is 32.2. The Morgan fingerprint density at radius 1 is 1.67 bits per heavy atom. The van der Waals surface area contributed by atoms with Crippen molar-refractivity contribution >= 4 is 9.84 Å². The minimum absolute atomic E-state index is 0.0800. The fourth-order valence-corrected chi connectivity index (χ4v) is 2.95. The predicted molar refractivity (Wildman–Crippen MR) is 55.3 cm³/mol. The molecule has 84 valence electrons. The molecule has 2 heterocycles. The van der Waals surface area contributed by atoms with Gasteiger partial charge in [-0.25, -0.2) is 13.4 Å². The summed E-state index contributed by atoms with van der Waals surface area (Å²) in [6, 6.07) is -0.288. The molecule has 0 radical (unpaired) electrons. The molecule has 0 spiro atoms. The number of aromatic nitrogens is 1. The van der Waals surface area contributed by atoms with Crippen LogP contribution in [0.15, 0.2) is 10.6 Å². The molecule has 1 saturated heterocycles. The molecule has 2 rings (SSSR count). The molecule has 1 N–H and O–H groups in total. The second kappa shape index (κ2) is 3.94. The van der Waals surface area contributed by atoms with Gasteiger partial charge in [0.2, 0.25) is 5.89 Å². The number of rotatable bonds is 2. The number of hydrogen-bond acceptors (Lipinski definition) is 5. The van der Waals surface area contributed by atoms with E-state index in [4.69, 9.17) is 4.42 Å². The smallest absolute Gasteiger partial charge is 0.212 e. The lowest BCUT2D eigenvalue weighted by atomic mass is 10.3. The van der Waals surface area contributed by atoms with Crippen LogP contribution in [0.5, 0.6) is 0 Å². The maximum atomic E-state index is 11.4. The number of nitrogens with zero attached hydrogens (tertiary/aromatic N) is 1. The molecule has 6 heteroatoms. The summed E-state index contributed by atoms with van der Waals surface area (Å²) >= 11 is 0. The minimum atomic E-state index is -2.94.